The minimum Gasteiger partial charge on any atom is -0.465 e. The quantitative estimate of drug-likeness (QED) is 0.778. The first-order valence-corrected chi connectivity index (χ1v) is 9.80. The van der Waals surface area contributed by atoms with E-state index >= 15 is 0 Å². The minimum absolute atomic E-state index is 0.171. The number of piperidine rings is 1. The maximum absolute atomic E-state index is 11.6. The molecule has 144 valence electrons. The van der Waals surface area contributed by atoms with Crippen LogP contribution in [-0.4, -0.2) is 56.4 Å². The van der Waals surface area contributed by atoms with Gasteiger partial charge in [-0.25, -0.2) is 4.79 Å². The molecule has 1 aliphatic carbocycles. The summed E-state index contributed by atoms with van der Waals surface area (Å²) in [7, 11) is 0. The molecule has 5 nitrogen and oxygen atoms in total. The van der Waals surface area contributed by atoms with Gasteiger partial charge in [-0.1, -0.05) is 30.3 Å². The topological polar surface area (TPSA) is 64.0 Å². The average Bonchev–Trinajstić information content (AvgIpc) is 3.41. The van der Waals surface area contributed by atoms with Gasteiger partial charge in [-0.2, -0.15) is 0 Å². The molecule has 0 unspecified atom stereocenters. The van der Waals surface area contributed by atoms with Crippen molar-refractivity contribution in [3.63, 3.8) is 0 Å². The van der Waals surface area contributed by atoms with Gasteiger partial charge in [0.1, 0.15) is 0 Å². The highest BCUT2D eigenvalue weighted by molar-refractivity contribution is 5.67. The second-order valence-electron chi connectivity index (χ2n) is 8.68. The van der Waals surface area contributed by atoms with Crippen LogP contribution in [0, 0.1) is 0 Å². The van der Waals surface area contributed by atoms with Crippen molar-refractivity contribution in [2.24, 2.45) is 0 Å². The minimum atomic E-state index is -0.831. The monoisotopic (exact) mass is 360 g/mol. The number of amides is 1. The number of carboxylic acid groups (broad SMARTS) is 1. The number of carbonyl (C=O) groups is 1. The summed E-state index contributed by atoms with van der Waals surface area (Å²) in [6.07, 6.45) is 3.98. The molecule has 1 aromatic carbocycles. The Labute approximate surface area is 156 Å². The molecule has 1 saturated heterocycles. The summed E-state index contributed by atoms with van der Waals surface area (Å²) < 4.78 is 0. The summed E-state index contributed by atoms with van der Waals surface area (Å²) in [5, 5.41) is 20.6. The summed E-state index contributed by atoms with van der Waals surface area (Å²) in [6, 6.07) is 10.6. The number of likely N-dealkylation sites (tertiary alicyclic amines) is 1. The number of aliphatic hydroxyl groups is 1. The van der Waals surface area contributed by atoms with Crippen molar-refractivity contribution in [2.75, 3.05) is 13.1 Å². The average molecular weight is 360 g/mol. The van der Waals surface area contributed by atoms with Gasteiger partial charge < -0.3 is 15.1 Å². The number of hydrogen-bond donors (Lipinski definition) is 2. The van der Waals surface area contributed by atoms with Gasteiger partial charge in [0.15, 0.2) is 0 Å². The Morgan fingerprint density at radius 2 is 1.85 bits per heavy atom. The lowest BCUT2D eigenvalue weighted by atomic mass is 9.82. The molecule has 1 saturated carbocycles. The van der Waals surface area contributed by atoms with Crippen LogP contribution in [-0.2, 0) is 6.54 Å². The molecule has 2 N–H and O–H groups in total. The molecule has 0 atom stereocenters. The standard InChI is InChI=1S/C21H32N2O3/c1-20(2,23(19(24)25)18-8-9-18)10-11-21(26)12-14-22(15-13-21)16-17-6-4-3-5-7-17/h3-7,18,26H,8-16H2,1-2H3,(H,24,25). The molecule has 2 fully saturated rings. The molecule has 26 heavy (non-hydrogen) atoms. The zero-order chi connectivity index (χ0) is 18.8. The molecule has 1 aromatic rings. The fourth-order valence-electron chi connectivity index (χ4n) is 4.12. The van der Waals surface area contributed by atoms with Crippen LogP contribution >= 0.6 is 0 Å². The van der Waals surface area contributed by atoms with Crippen LogP contribution in [0.1, 0.15) is 57.9 Å². The lowest BCUT2D eigenvalue weighted by Crippen LogP contribution is -2.50. The van der Waals surface area contributed by atoms with Gasteiger partial charge in [0.25, 0.3) is 0 Å². The Balaban J connectivity index is 1.50. The van der Waals surface area contributed by atoms with Crippen LogP contribution in [0.15, 0.2) is 30.3 Å². The van der Waals surface area contributed by atoms with Gasteiger partial charge in [-0.15, -0.1) is 0 Å². The zero-order valence-electron chi connectivity index (χ0n) is 16.0. The van der Waals surface area contributed by atoms with Gasteiger partial charge in [0.2, 0.25) is 0 Å². The molecule has 3 rings (SSSR count). The molecule has 0 spiro atoms. The number of nitrogens with zero attached hydrogens (tertiary/aromatic N) is 2. The SMILES string of the molecule is CC(C)(CCC1(O)CCN(Cc2ccccc2)CC1)N(C(=O)O)C1CC1. The fraction of sp³-hybridized carbons (Fsp3) is 0.667. The Kier molecular flexibility index (Phi) is 5.58. The number of rotatable bonds is 7. The number of hydrogen-bond acceptors (Lipinski definition) is 3. The number of benzene rings is 1. The van der Waals surface area contributed by atoms with E-state index in [4.69, 9.17) is 0 Å². The first-order chi connectivity index (χ1) is 12.3. The van der Waals surface area contributed by atoms with Crippen molar-refractivity contribution in [1.82, 2.24) is 9.80 Å². The van der Waals surface area contributed by atoms with E-state index in [0.29, 0.717) is 12.8 Å². The van der Waals surface area contributed by atoms with Crippen molar-refractivity contribution >= 4 is 6.09 Å². The van der Waals surface area contributed by atoms with Crippen LogP contribution in [0.3, 0.4) is 0 Å². The molecule has 0 bridgehead atoms. The van der Waals surface area contributed by atoms with E-state index in [9.17, 15) is 15.0 Å². The van der Waals surface area contributed by atoms with Crippen LogP contribution in [0.5, 0.6) is 0 Å². The van der Waals surface area contributed by atoms with E-state index in [0.717, 1.165) is 45.3 Å². The highest BCUT2D eigenvalue weighted by Gasteiger charge is 2.43. The van der Waals surface area contributed by atoms with Crippen molar-refractivity contribution in [2.45, 2.75) is 76.1 Å². The van der Waals surface area contributed by atoms with Gasteiger partial charge in [-0.05, 0) is 57.9 Å². The maximum Gasteiger partial charge on any atom is 0.407 e. The third-order valence-corrected chi connectivity index (χ3v) is 6.01. The van der Waals surface area contributed by atoms with Crippen LogP contribution in [0.25, 0.3) is 0 Å². The maximum atomic E-state index is 11.6. The first kappa shape index (κ1) is 19.2. The van der Waals surface area contributed by atoms with Gasteiger partial charge in [0.05, 0.1) is 5.60 Å². The molecule has 0 radical (unpaired) electrons. The lowest BCUT2D eigenvalue weighted by Gasteiger charge is -2.42. The van der Waals surface area contributed by atoms with Gasteiger partial charge in [0, 0.05) is 31.2 Å². The smallest absolute Gasteiger partial charge is 0.407 e. The second-order valence-corrected chi connectivity index (χ2v) is 8.68. The molecule has 0 aromatic heterocycles. The zero-order valence-corrected chi connectivity index (χ0v) is 16.0. The predicted octanol–water partition coefficient (Wildman–Crippen LogP) is 3.71. The van der Waals surface area contributed by atoms with Crippen molar-refractivity contribution in [3.8, 4) is 0 Å². The van der Waals surface area contributed by atoms with Crippen molar-refractivity contribution in [1.29, 1.82) is 0 Å². The Hall–Kier alpha value is -1.59. The molecular formula is C21H32N2O3. The molecule has 2 aliphatic rings. The summed E-state index contributed by atoms with van der Waals surface area (Å²) in [6.45, 7) is 6.69. The highest BCUT2D eigenvalue weighted by atomic mass is 16.4. The van der Waals surface area contributed by atoms with Gasteiger partial charge in [-0.3, -0.25) is 4.90 Å². The van der Waals surface area contributed by atoms with Crippen LogP contribution in [0.2, 0.25) is 0 Å². The summed E-state index contributed by atoms with van der Waals surface area (Å²) >= 11 is 0. The van der Waals surface area contributed by atoms with Crippen LogP contribution in [0.4, 0.5) is 4.79 Å². The largest absolute Gasteiger partial charge is 0.465 e. The normalized spacial score (nSPS) is 20.7. The first-order valence-electron chi connectivity index (χ1n) is 9.80. The predicted molar refractivity (Wildman–Crippen MR) is 102 cm³/mol. The fourth-order valence-corrected chi connectivity index (χ4v) is 4.12. The Morgan fingerprint density at radius 3 is 2.38 bits per heavy atom. The van der Waals surface area contributed by atoms with Gasteiger partial charge >= 0.3 is 6.09 Å². The molecule has 5 heteroatoms. The molecule has 1 heterocycles. The summed E-state index contributed by atoms with van der Waals surface area (Å²) in [5.74, 6) is 0. The Bertz CT molecular complexity index is 605. The second kappa shape index (κ2) is 7.57. The van der Waals surface area contributed by atoms with Crippen molar-refractivity contribution in [3.05, 3.63) is 35.9 Å². The van der Waals surface area contributed by atoms with E-state index in [1.807, 2.05) is 19.9 Å². The third kappa shape index (κ3) is 4.77. The Morgan fingerprint density at radius 1 is 1.23 bits per heavy atom. The van der Waals surface area contributed by atoms with Crippen molar-refractivity contribution < 1.29 is 15.0 Å². The molecular weight excluding hydrogens is 328 g/mol. The molecule has 1 amide bonds. The van der Waals surface area contributed by atoms with Crippen LogP contribution < -0.4 is 0 Å². The van der Waals surface area contributed by atoms with E-state index in [1.54, 1.807) is 4.90 Å². The van der Waals surface area contributed by atoms with E-state index in [-0.39, 0.29) is 6.04 Å². The van der Waals surface area contributed by atoms with E-state index in [1.165, 1.54) is 5.56 Å². The van der Waals surface area contributed by atoms with E-state index in [2.05, 4.69) is 29.2 Å². The summed E-state index contributed by atoms with van der Waals surface area (Å²) in [5.41, 5.74) is 0.211. The third-order valence-electron chi connectivity index (χ3n) is 6.01. The highest BCUT2D eigenvalue weighted by Crippen LogP contribution is 2.37. The van der Waals surface area contributed by atoms with E-state index < -0.39 is 17.2 Å². The lowest BCUT2D eigenvalue weighted by molar-refractivity contribution is -0.0404. The summed E-state index contributed by atoms with van der Waals surface area (Å²) in [4.78, 5) is 15.6. The molecule has 1 aliphatic heterocycles.